The van der Waals surface area contributed by atoms with E-state index in [1.807, 2.05) is 6.07 Å². The zero-order chi connectivity index (χ0) is 15.0. The summed E-state index contributed by atoms with van der Waals surface area (Å²) in [5, 5.41) is 10.5. The van der Waals surface area contributed by atoms with Crippen molar-refractivity contribution in [2.24, 2.45) is 0 Å². The molecule has 21 heavy (non-hydrogen) atoms. The fourth-order valence-electron chi connectivity index (χ4n) is 2.50. The number of fused-ring (bicyclic) bond motifs is 1. The number of carbonyl (C=O) groups is 2. The van der Waals surface area contributed by atoms with Crippen LogP contribution in [0.4, 0.5) is 5.69 Å². The number of carbonyl (C=O) groups excluding carboxylic acids is 2. The smallest absolute Gasteiger partial charge is 0.269 e. The number of imide groups is 1. The number of nitrogens with zero attached hydrogens (tertiary/aromatic N) is 1. The topological polar surface area (TPSA) is 57.6 Å². The van der Waals surface area contributed by atoms with Crippen molar-refractivity contribution in [1.82, 2.24) is 0 Å². The van der Waals surface area contributed by atoms with Crippen molar-refractivity contribution in [2.75, 3.05) is 4.90 Å². The fraction of sp³-hybridized carbons (Fsp3) is 0.0588. The summed E-state index contributed by atoms with van der Waals surface area (Å²) in [6.07, 6.45) is 0. The van der Waals surface area contributed by atoms with Crippen molar-refractivity contribution in [3.8, 4) is 0 Å². The van der Waals surface area contributed by atoms with E-state index in [9.17, 15) is 14.7 Å². The van der Waals surface area contributed by atoms with E-state index in [1.54, 1.807) is 48.5 Å². The average Bonchev–Trinajstić information content (AvgIpc) is 2.79. The van der Waals surface area contributed by atoms with Crippen LogP contribution in [0.3, 0.4) is 0 Å². The molecule has 1 aliphatic rings. The summed E-state index contributed by atoms with van der Waals surface area (Å²) in [4.78, 5) is 25.3. The molecule has 1 heterocycles. The van der Waals surface area contributed by atoms with Crippen LogP contribution in [0.1, 0.15) is 18.1 Å². The van der Waals surface area contributed by atoms with E-state index in [4.69, 9.17) is 0 Å². The van der Waals surface area contributed by atoms with Crippen LogP contribution in [0.25, 0.3) is 11.3 Å². The maximum absolute atomic E-state index is 12.5. The quantitative estimate of drug-likeness (QED) is 0.645. The molecule has 0 atom stereocenters. The maximum Gasteiger partial charge on any atom is 0.269 e. The van der Waals surface area contributed by atoms with Gasteiger partial charge in [-0.3, -0.25) is 9.59 Å². The van der Waals surface area contributed by atoms with Crippen LogP contribution < -0.4 is 4.90 Å². The van der Waals surface area contributed by atoms with Gasteiger partial charge in [-0.25, -0.2) is 4.90 Å². The minimum atomic E-state index is -0.495. The second kappa shape index (κ2) is 4.90. The van der Waals surface area contributed by atoms with Crippen LogP contribution in [0.2, 0.25) is 0 Å². The minimum Gasteiger partial charge on any atom is -0.506 e. The Morgan fingerprint density at radius 3 is 2.29 bits per heavy atom. The highest BCUT2D eigenvalue weighted by atomic mass is 16.3. The third-order valence-corrected chi connectivity index (χ3v) is 3.43. The molecule has 0 saturated heterocycles. The van der Waals surface area contributed by atoms with Gasteiger partial charge in [0, 0.05) is 18.1 Å². The van der Waals surface area contributed by atoms with Gasteiger partial charge in [-0.05, 0) is 6.07 Å². The van der Waals surface area contributed by atoms with E-state index in [-0.39, 0.29) is 17.2 Å². The molecule has 2 amide bonds. The molecule has 0 fully saturated rings. The Morgan fingerprint density at radius 1 is 1.00 bits per heavy atom. The van der Waals surface area contributed by atoms with Crippen molar-refractivity contribution >= 4 is 28.8 Å². The summed E-state index contributed by atoms with van der Waals surface area (Å²) in [5.74, 6) is -0.981. The van der Waals surface area contributed by atoms with Crippen LogP contribution in [0.15, 0.2) is 54.6 Å². The lowest BCUT2D eigenvalue weighted by atomic mass is 10.0. The van der Waals surface area contributed by atoms with Crippen molar-refractivity contribution in [2.45, 2.75) is 6.92 Å². The van der Waals surface area contributed by atoms with E-state index < -0.39 is 5.91 Å². The molecule has 104 valence electrons. The van der Waals surface area contributed by atoms with Crippen molar-refractivity contribution in [3.63, 3.8) is 0 Å². The first-order valence-electron chi connectivity index (χ1n) is 6.54. The molecule has 0 radical (unpaired) electrons. The summed E-state index contributed by atoms with van der Waals surface area (Å²) in [5.41, 5.74) is 1.78. The van der Waals surface area contributed by atoms with Gasteiger partial charge in [-0.2, -0.15) is 0 Å². The van der Waals surface area contributed by atoms with E-state index >= 15 is 0 Å². The van der Waals surface area contributed by atoms with Crippen molar-refractivity contribution in [3.05, 3.63) is 65.7 Å². The lowest BCUT2D eigenvalue weighted by Gasteiger charge is -2.11. The lowest BCUT2D eigenvalue weighted by molar-refractivity contribution is -0.122. The Hall–Kier alpha value is -2.88. The van der Waals surface area contributed by atoms with Crippen molar-refractivity contribution < 1.29 is 14.7 Å². The van der Waals surface area contributed by atoms with Gasteiger partial charge in [-0.1, -0.05) is 48.5 Å². The second-order valence-corrected chi connectivity index (χ2v) is 4.77. The van der Waals surface area contributed by atoms with Gasteiger partial charge in [-0.15, -0.1) is 0 Å². The van der Waals surface area contributed by atoms with Crippen LogP contribution in [0.5, 0.6) is 0 Å². The summed E-state index contributed by atoms with van der Waals surface area (Å²) < 4.78 is 0. The Kier molecular flexibility index (Phi) is 3.06. The van der Waals surface area contributed by atoms with Crippen molar-refractivity contribution in [1.29, 1.82) is 0 Å². The standard InChI is InChI=1S/C17H13NO3/c1-11(19)18-14-10-6-5-9-13(14)15(17(18)21)16(20)12-7-3-2-4-8-12/h2-10,20H,1H3/b16-15-. The first kappa shape index (κ1) is 13.1. The molecule has 3 rings (SSSR count). The molecule has 0 aromatic heterocycles. The van der Waals surface area contributed by atoms with Gasteiger partial charge in [0.25, 0.3) is 5.91 Å². The highest BCUT2D eigenvalue weighted by molar-refractivity contribution is 6.42. The third kappa shape index (κ3) is 2.01. The molecule has 0 saturated carbocycles. The lowest BCUT2D eigenvalue weighted by Crippen LogP contribution is -2.31. The highest BCUT2D eigenvalue weighted by Gasteiger charge is 2.37. The highest BCUT2D eigenvalue weighted by Crippen LogP contribution is 2.39. The Bertz CT molecular complexity index is 763. The normalized spacial score (nSPS) is 15.9. The number of amides is 2. The predicted octanol–water partition coefficient (Wildman–Crippen LogP) is 3.01. The number of anilines is 1. The van der Waals surface area contributed by atoms with Gasteiger partial charge < -0.3 is 5.11 Å². The number of para-hydroxylation sites is 1. The zero-order valence-corrected chi connectivity index (χ0v) is 11.4. The molecule has 0 unspecified atom stereocenters. The number of aliphatic hydroxyl groups excluding tert-OH is 1. The number of hydrogen-bond acceptors (Lipinski definition) is 3. The van der Waals surface area contributed by atoms with E-state index in [2.05, 4.69) is 0 Å². The van der Waals surface area contributed by atoms with Crippen LogP contribution in [0, 0.1) is 0 Å². The maximum atomic E-state index is 12.5. The average molecular weight is 279 g/mol. The number of rotatable bonds is 1. The number of benzene rings is 2. The van der Waals surface area contributed by atoms with Crippen LogP contribution >= 0.6 is 0 Å². The molecule has 0 bridgehead atoms. The summed E-state index contributed by atoms with van der Waals surface area (Å²) in [6, 6.07) is 15.8. The molecule has 1 aliphatic heterocycles. The first-order valence-corrected chi connectivity index (χ1v) is 6.54. The molecule has 4 nitrogen and oxygen atoms in total. The summed E-state index contributed by atoms with van der Waals surface area (Å²) >= 11 is 0. The molecule has 0 aliphatic carbocycles. The first-order chi connectivity index (χ1) is 10.1. The molecule has 1 N–H and O–H groups in total. The number of hydrogen-bond donors (Lipinski definition) is 1. The van der Waals surface area contributed by atoms with Gasteiger partial charge in [0.1, 0.15) is 5.76 Å². The van der Waals surface area contributed by atoms with Crippen LogP contribution in [-0.2, 0) is 9.59 Å². The Balaban J connectivity index is 2.25. The second-order valence-electron chi connectivity index (χ2n) is 4.77. The predicted molar refractivity (Wildman–Crippen MR) is 80.5 cm³/mol. The van der Waals surface area contributed by atoms with Gasteiger partial charge in [0.05, 0.1) is 11.3 Å². The minimum absolute atomic E-state index is 0.114. The van der Waals surface area contributed by atoms with Gasteiger partial charge >= 0.3 is 0 Å². The fourth-order valence-corrected chi connectivity index (χ4v) is 2.50. The molecule has 2 aromatic rings. The SMILES string of the molecule is CC(=O)N1C(=O)/C(=C(\O)c2ccccc2)c2ccccc21. The zero-order valence-electron chi connectivity index (χ0n) is 11.4. The van der Waals surface area contributed by atoms with Crippen LogP contribution in [-0.4, -0.2) is 16.9 Å². The molecular weight excluding hydrogens is 266 g/mol. The van der Waals surface area contributed by atoms with E-state index in [1.165, 1.54) is 6.92 Å². The third-order valence-electron chi connectivity index (χ3n) is 3.43. The monoisotopic (exact) mass is 279 g/mol. The van der Waals surface area contributed by atoms with Gasteiger partial charge in [0.15, 0.2) is 0 Å². The van der Waals surface area contributed by atoms with E-state index in [0.717, 1.165) is 4.90 Å². The largest absolute Gasteiger partial charge is 0.506 e. The Labute approximate surface area is 121 Å². The molecular formula is C17H13NO3. The molecule has 2 aromatic carbocycles. The summed E-state index contributed by atoms with van der Waals surface area (Å²) in [7, 11) is 0. The Morgan fingerprint density at radius 2 is 1.62 bits per heavy atom. The number of aliphatic hydroxyl groups is 1. The van der Waals surface area contributed by atoms with Gasteiger partial charge in [0.2, 0.25) is 5.91 Å². The van der Waals surface area contributed by atoms with E-state index in [0.29, 0.717) is 16.8 Å². The molecule has 4 heteroatoms. The molecule has 0 spiro atoms. The summed E-state index contributed by atoms with van der Waals surface area (Å²) in [6.45, 7) is 1.33.